The minimum absolute atomic E-state index is 0.0914. The summed E-state index contributed by atoms with van der Waals surface area (Å²) >= 11 is 0. The van der Waals surface area contributed by atoms with Crippen LogP contribution in [0.1, 0.15) is 49.9 Å². The van der Waals surface area contributed by atoms with Gasteiger partial charge in [0.15, 0.2) is 5.78 Å². The van der Waals surface area contributed by atoms with Crippen molar-refractivity contribution in [3.05, 3.63) is 35.6 Å². The van der Waals surface area contributed by atoms with E-state index in [4.69, 9.17) is 0 Å². The zero-order valence-corrected chi connectivity index (χ0v) is 11.7. The van der Waals surface area contributed by atoms with Crippen LogP contribution in [0.5, 0.6) is 0 Å². The topological polar surface area (TPSA) is 20.3 Å². The Balaban J connectivity index is 2.10. The molecular formula is C16H22FNO. The Kier molecular flexibility index (Phi) is 4.70. The number of carbonyl (C=O) groups is 1. The van der Waals surface area contributed by atoms with Crippen LogP contribution in [0.2, 0.25) is 0 Å². The highest BCUT2D eigenvalue weighted by atomic mass is 19.1. The minimum Gasteiger partial charge on any atom is -0.292 e. The normalized spacial score (nSPS) is 17.9. The van der Waals surface area contributed by atoms with Crippen molar-refractivity contribution in [2.24, 2.45) is 0 Å². The third-order valence-corrected chi connectivity index (χ3v) is 4.16. The lowest BCUT2D eigenvalue weighted by Gasteiger charge is -2.32. The van der Waals surface area contributed by atoms with Gasteiger partial charge in [0.1, 0.15) is 5.82 Å². The third kappa shape index (κ3) is 3.21. The zero-order chi connectivity index (χ0) is 13.8. The molecule has 0 radical (unpaired) electrons. The van der Waals surface area contributed by atoms with E-state index in [1.165, 1.54) is 37.8 Å². The predicted octanol–water partition coefficient (Wildman–Crippen LogP) is 3.66. The summed E-state index contributed by atoms with van der Waals surface area (Å²) in [5, 5.41) is 0. The maximum atomic E-state index is 12.9. The molecule has 0 bridgehead atoms. The van der Waals surface area contributed by atoms with E-state index in [2.05, 4.69) is 11.8 Å². The molecule has 3 heteroatoms. The molecule has 1 aliphatic rings. The number of ketones is 1. The van der Waals surface area contributed by atoms with Gasteiger partial charge in [0.05, 0.1) is 6.04 Å². The predicted molar refractivity (Wildman–Crippen MR) is 74.8 cm³/mol. The molecule has 0 heterocycles. The maximum absolute atomic E-state index is 12.9. The second kappa shape index (κ2) is 6.29. The van der Waals surface area contributed by atoms with E-state index in [0.29, 0.717) is 11.6 Å². The number of hydrogen-bond acceptors (Lipinski definition) is 2. The zero-order valence-electron chi connectivity index (χ0n) is 11.7. The molecule has 2 rings (SSSR count). The Bertz CT molecular complexity index is 423. The van der Waals surface area contributed by atoms with E-state index in [9.17, 15) is 9.18 Å². The van der Waals surface area contributed by atoms with Crippen molar-refractivity contribution in [3.8, 4) is 0 Å². The Labute approximate surface area is 114 Å². The van der Waals surface area contributed by atoms with Gasteiger partial charge in [-0.1, -0.05) is 19.8 Å². The van der Waals surface area contributed by atoms with E-state index >= 15 is 0 Å². The van der Waals surface area contributed by atoms with Gasteiger partial charge in [0.2, 0.25) is 0 Å². The van der Waals surface area contributed by atoms with Gasteiger partial charge < -0.3 is 0 Å². The van der Waals surface area contributed by atoms with Crippen LogP contribution in [0.25, 0.3) is 0 Å². The molecule has 2 nitrogen and oxygen atoms in total. The maximum Gasteiger partial charge on any atom is 0.179 e. The van der Waals surface area contributed by atoms with Gasteiger partial charge in [-0.25, -0.2) is 4.39 Å². The van der Waals surface area contributed by atoms with E-state index in [1.54, 1.807) is 12.1 Å². The summed E-state index contributed by atoms with van der Waals surface area (Å²) in [6, 6.07) is 6.27. The van der Waals surface area contributed by atoms with Crippen LogP contribution in [0, 0.1) is 5.82 Å². The van der Waals surface area contributed by atoms with Crippen molar-refractivity contribution in [2.45, 2.75) is 51.6 Å². The molecule has 0 spiro atoms. The van der Waals surface area contributed by atoms with Gasteiger partial charge in [-0.15, -0.1) is 0 Å². The molecule has 0 aliphatic heterocycles. The van der Waals surface area contributed by atoms with Crippen molar-refractivity contribution in [1.29, 1.82) is 0 Å². The highest BCUT2D eigenvalue weighted by Gasteiger charge is 2.29. The Morgan fingerprint density at radius 3 is 2.42 bits per heavy atom. The molecule has 1 unspecified atom stereocenters. The Morgan fingerprint density at radius 2 is 1.89 bits per heavy atom. The molecule has 1 aromatic carbocycles. The Hall–Kier alpha value is -1.22. The number of nitrogens with zero attached hydrogens (tertiary/aromatic N) is 1. The summed E-state index contributed by atoms with van der Waals surface area (Å²) in [6.07, 6.45) is 4.90. The van der Waals surface area contributed by atoms with Crippen molar-refractivity contribution in [1.82, 2.24) is 4.90 Å². The summed E-state index contributed by atoms with van der Waals surface area (Å²) in [6.45, 7) is 4.96. The number of carbonyl (C=O) groups excluding carboxylic acids is 1. The number of Topliss-reactive ketones (excluding diaryl/α,β-unsaturated/α-hetero) is 1. The molecule has 0 aromatic heterocycles. The van der Waals surface area contributed by atoms with E-state index in [-0.39, 0.29) is 17.6 Å². The first-order valence-corrected chi connectivity index (χ1v) is 7.19. The van der Waals surface area contributed by atoms with Gasteiger partial charge >= 0.3 is 0 Å². The fraction of sp³-hybridized carbons (Fsp3) is 0.562. The van der Waals surface area contributed by atoms with E-state index < -0.39 is 0 Å². The summed E-state index contributed by atoms with van der Waals surface area (Å²) in [4.78, 5) is 14.7. The quantitative estimate of drug-likeness (QED) is 0.756. The molecule has 1 fully saturated rings. The average molecular weight is 263 g/mol. The molecule has 1 aromatic rings. The van der Waals surface area contributed by atoms with Crippen LogP contribution >= 0.6 is 0 Å². The highest BCUT2D eigenvalue weighted by molar-refractivity contribution is 5.99. The smallest absolute Gasteiger partial charge is 0.179 e. The first kappa shape index (κ1) is 14.2. The first-order valence-electron chi connectivity index (χ1n) is 7.19. The standard InChI is InChI=1S/C16H22FNO/c1-3-18(15-6-4-5-7-15)12(2)16(19)13-8-10-14(17)11-9-13/h8-12,15H,3-7H2,1-2H3. The molecule has 1 aliphatic carbocycles. The van der Waals surface area contributed by atoms with Crippen LogP contribution in [-0.2, 0) is 0 Å². The molecule has 1 atom stereocenters. The van der Waals surface area contributed by atoms with Crippen molar-refractivity contribution in [2.75, 3.05) is 6.54 Å². The molecule has 0 N–H and O–H groups in total. The lowest BCUT2D eigenvalue weighted by Crippen LogP contribution is -2.44. The van der Waals surface area contributed by atoms with Gasteiger partial charge in [0.25, 0.3) is 0 Å². The third-order valence-electron chi connectivity index (χ3n) is 4.16. The summed E-state index contributed by atoms with van der Waals surface area (Å²) in [5.41, 5.74) is 0.602. The molecule has 1 saturated carbocycles. The van der Waals surface area contributed by atoms with Crippen LogP contribution in [0.4, 0.5) is 4.39 Å². The van der Waals surface area contributed by atoms with Crippen LogP contribution in [-0.4, -0.2) is 29.3 Å². The van der Waals surface area contributed by atoms with Crippen molar-refractivity contribution >= 4 is 5.78 Å². The molecule has 104 valence electrons. The highest BCUT2D eigenvalue weighted by Crippen LogP contribution is 2.25. The molecule has 19 heavy (non-hydrogen) atoms. The van der Waals surface area contributed by atoms with E-state index in [0.717, 1.165) is 6.54 Å². The lowest BCUT2D eigenvalue weighted by molar-refractivity contribution is 0.0775. The molecular weight excluding hydrogens is 241 g/mol. The summed E-state index contributed by atoms with van der Waals surface area (Å²) in [7, 11) is 0. The van der Waals surface area contributed by atoms with E-state index in [1.807, 2.05) is 6.92 Å². The molecule has 0 saturated heterocycles. The van der Waals surface area contributed by atoms with Crippen molar-refractivity contribution < 1.29 is 9.18 Å². The second-order valence-corrected chi connectivity index (χ2v) is 5.32. The van der Waals surface area contributed by atoms with Gasteiger partial charge in [-0.05, 0) is 50.6 Å². The average Bonchev–Trinajstić information content (AvgIpc) is 2.93. The fourth-order valence-electron chi connectivity index (χ4n) is 3.09. The fourth-order valence-corrected chi connectivity index (χ4v) is 3.09. The van der Waals surface area contributed by atoms with Crippen LogP contribution < -0.4 is 0 Å². The largest absolute Gasteiger partial charge is 0.292 e. The number of likely N-dealkylation sites (N-methyl/N-ethyl adjacent to an activating group) is 1. The van der Waals surface area contributed by atoms with Crippen molar-refractivity contribution in [3.63, 3.8) is 0 Å². The number of benzene rings is 1. The number of rotatable bonds is 5. The number of hydrogen-bond donors (Lipinski definition) is 0. The second-order valence-electron chi connectivity index (χ2n) is 5.32. The van der Waals surface area contributed by atoms with Crippen LogP contribution in [0.15, 0.2) is 24.3 Å². The Morgan fingerprint density at radius 1 is 1.32 bits per heavy atom. The number of halogens is 1. The van der Waals surface area contributed by atoms with Gasteiger partial charge in [0, 0.05) is 11.6 Å². The van der Waals surface area contributed by atoms with Gasteiger partial charge in [-0.3, -0.25) is 9.69 Å². The monoisotopic (exact) mass is 263 g/mol. The van der Waals surface area contributed by atoms with Gasteiger partial charge in [-0.2, -0.15) is 0 Å². The lowest BCUT2D eigenvalue weighted by atomic mass is 10.0. The minimum atomic E-state index is -0.299. The molecule has 0 amide bonds. The van der Waals surface area contributed by atoms with Crippen LogP contribution in [0.3, 0.4) is 0 Å². The first-order chi connectivity index (χ1) is 9.13. The summed E-state index contributed by atoms with van der Waals surface area (Å²) < 4.78 is 12.9. The summed E-state index contributed by atoms with van der Waals surface area (Å²) in [5.74, 6) is -0.207. The SMILES string of the molecule is CCN(C1CCCC1)C(C)C(=O)c1ccc(F)cc1.